The van der Waals surface area contributed by atoms with Gasteiger partial charge in [-0.25, -0.2) is 0 Å². The normalized spacial score (nSPS) is 17.2. The van der Waals surface area contributed by atoms with Crippen molar-refractivity contribution in [1.82, 2.24) is 0 Å². The molecule has 3 aromatic carbocycles. The number of hydrogen-bond donors (Lipinski definition) is 1. The first-order chi connectivity index (χ1) is 9.42. The van der Waals surface area contributed by atoms with Crippen LogP contribution in [0, 0.1) is 0 Å². The molecule has 1 heterocycles. The average Bonchev–Trinajstić information content (AvgIpc) is 2.90. The fourth-order valence-corrected chi connectivity index (χ4v) is 3.79. The summed E-state index contributed by atoms with van der Waals surface area (Å²) in [6.07, 6.45) is 0. The van der Waals surface area contributed by atoms with E-state index in [-0.39, 0.29) is 0 Å². The van der Waals surface area contributed by atoms with Crippen LogP contribution in [-0.2, 0) is 0 Å². The SMILES string of the molecule is c1ccc2c(c1)N[C@@H](c1cccc3ccccc13)S2. The molecule has 0 saturated carbocycles. The van der Waals surface area contributed by atoms with E-state index in [9.17, 15) is 0 Å². The number of anilines is 1. The van der Waals surface area contributed by atoms with Gasteiger partial charge in [0.2, 0.25) is 0 Å². The van der Waals surface area contributed by atoms with Crippen LogP contribution < -0.4 is 5.32 Å². The van der Waals surface area contributed by atoms with E-state index in [4.69, 9.17) is 0 Å². The molecule has 1 aliphatic rings. The highest BCUT2D eigenvalue weighted by Crippen LogP contribution is 2.47. The highest BCUT2D eigenvalue weighted by atomic mass is 32.2. The monoisotopic (exact) mass is 263 g/mol. The molecule has 0 unspecified atom stereocenters. The van der Waals surface area contributed by atoms with Crippen molar-refractivity contribution in [1.29, 1.82) is 0 Å². The zero-order valence-electron chi connectivity index (χ0n) is 10.3. The maximum Gasteiger partial charge on any atom is 0.103 e. The van der Waals surface area contributed by atoms with Gasteiger partial charge in [-0.1, -0.05) is 66.4 Å². The maximum absolute atomic E-state index is 3.61. The molecule has 92 valence electrons. The van der Waals surface area contributed by atoms with Crippen molar-refractivity contribution in [2.24, 2.45) is 0 Å². The van der Waals surface area contributed by atoms with Gasteiger partial charge in [0.1, 0.15) is 5.37 Å². The molecule has 1 atom stereocenters. The van der Waals surface area contributed by atoms with Crippen molar-refractivity contribution < 1.29 is 0 Å². The number of para-hydroxylation sites is 1. The quantitative estimate of drug-likeness (QED) is 0.659. The Hall–Kier alpha value is -1.93. The maximum atomic E-state index is 3.61. The second kappa shape index (κ2) is 4.32. The summed E-state index contributed by atoms with van der Waals surface area (Å²) in [7, 11) is 0. The zero-order valence-corrected chi connectivity index (χ0v) is 11.2. The molecule has 1 aliphatic heterocycles. The Morgan fingerprint density at radius 2 is 1.58 bits per heavy atom. The fraction of sp³-hybridized carbons (Fsp3) is 0.0588. The minimum Gasteiger partial charge on any atom is -0.368 e. The Balaban J connectivity index is 1.81. The number of benzene rings is 3. The summed E-state index contributed by atoms with van der Waals surface area (Å²) in [5.41, 5.74) is 2.60. The van der Waals surface area contributed by atoms with Gasteiger partial charge in [-0.2, -0.15) is 0 Å². The van der Waals surface area contributed by atoms with Crippen LogP contribution in [0.1, 0.15) is 10.9 Å². The second-order valence-electron chi connectivity index (χ2n) is 4.71. The molecule has 0 saturated heterocycles. The fourth-order valence-electron chi connectivity index (χ4n) is 2.61. The molecule has 4 rings (SSSR count). The number of rotatable bonds is 1. The standard InChI is InChI=1S/C17H13NS/c1-2-8-13-12(6-1)7-5-9-14(13)17-18-15-10-3-4-11-16(15)19-17/h1-11,17-18H/t17-/m1/s1. The van der Waals surface area contributed by atoms with Crippen LogP contribution in [0.15, 0.2) is 71.6 Å². The third kappa shape index (κ3) is 1.80. The van der Waals surface area contributed by atoms with Crippen LogP contribution in [0.4, 0.5) is 5.69 Å². The Morgan fingerprint density at radius 1 is 0.789 bits per heavy atom. The predicted molar refractivity (Wildman–Crippen MR) is 82.6 cm³/mol. The summed E-state index contributed by atoms with van der Waals surface area (Å²) in [5, 5.41) is 6.55. The zero-order chi connectivity index (χ0) is 12.7. The molecular formula is C17H13NS. The van der Waals surface area contributed by atoms with Gasteiger partial charge in [-0.05, 0) is 28.5 Å². The predicted octanol–water partition coefficient (Wildman–Crippen LogP) is 5.06. The van der Waals surface area contributed by atoms with E-state index in [0.29, 0.717) is 5.37 Å². The van der Waals surface area contributed by atoms with Crippen molar-refractivity contribution in [3.05, 3.63) is 72.3 Å². The summed E-state index contributed by atoms with van der Waals surface area (Å²) < 4.78 is 0. The molecule has 2 heteroatoms. The van der Waals surface area contributed by atoms with Crippen LogP contribution in [0.25, 0.3) is 10.8 Å². The largest absolute Gasteiger partial charge is 0.368 e. The molecule has 0 fully saturated rings. The number of nitrogens with one attached hydrogen (secondary N) is 1. The van der Waals surface area contributed by atoms with E-state index >= 15 is 0 Å². The van der Waals surface area contributed by atoms with Crippen molar-refractivity contribution in [3.63, 3.8) is 0 Å². The molecular weight excluding hydrogens is 250 g/mol. The second-order valence-corrected chi connectivity index (χ2v) is 5.85. The first kappa shape index (κ1) is 10.9. The number of thioether (sulfide) groups is 1. The van der Waals surface area contributed by atoms with Gasteiger partial charge < -0.3 is 5.32 Å². The molecule has 0 aromatic heterocycles. The van der Waals surface area contributed by atoms with E-state index in [1.165, 1.54) is 26.9 Å². The summed E-state index contributed by atoms with van der Waals surface area (Å²) in [6, 6.07) is 23.6. The van der Waals surface area contributed by atoms with Crippen molar-refractivity contribution in [3.8, 4) is 0 Å². The van der Waals surface area contributed by atoms with Crippen molar-refractivity contribution >= 4 is 28.2 Å². The topological polar surface area (TPSA) is 12.0 Å². The third-order valence-electron chi connectivity index (χ3n) is 3.52. The highest BCUT2D eigenvalue weighted by Gasteiger charge is 2.23. The Bertz CT molecular complexity index is 721. The third-order valence-corrected chi connectivity index (χ3v) is 4.74. The molecule has 0 aliphatic carbocycles. The lowest BCUT2D eigenvalue weighted by Crippen LogP contribution is -2.01. The summed E-state index contributed by atoms with van der Waals surface area (Å²) in [4.78, 5) is 1.33. The van der Waals surface area contributed by atoms with Crippen LogP contribution in [0.5, 0.6) is 0 Å². The Morgan fingerprint density at radius 3 is 2.53 bits per heavy atom. The molecule has 1 nitrogen and oxygen atoms in total. The van der Waals surface area contributed by atoms with Crippen molar-refractivity contribution in [2.45, 2.75) is 10.3 Å². The van der Waals surface area contributed by atoms with Gasteiger partial charge >= 0.3 is 0 Å². The van der Waals surface area contributed by atoms with E-state index in [1.54, 1.807) is 0 Å². The van der Waals surface area contributed by atoms with Crippen LogP contribution in [0.2, 0.25) is 0 Å². The van der Waals surface area contributed by atoms with Crippen LogP contribution in [0.3, 0.4) is 0 Å². The van der Waals surface area contributed by atoms with Gasteiger partial charge in [0.25, 0.3) is 0 Å². The first-order valence-electron chi connectivity index (χ1n) is 6.42. The lowest BCUT2D eigenvalue weighted by Gasteiger charge is -2.13. The molecule has 0 spiro atoms. The molecule has 0 amide bonds. The highest BCUT2D eigenvalue weighted by molar-refractivity contribution is 8.00. The van der Waals surface area contributed by atoms with E-state index in [0.717, 1.165) is 0 Å². The van der Waals surface area contributed by atoms with E-state index < -0.39 is 0 Å². The molecule has 3 aromatic rings. The van der Waals surface area contributed by atoms with Gasteiger partial charge in [-0.15, -0.1) is 0 Å². The van der Waals surface area contributed by atoms with Crippen LogP contribution in [-0.4, -0.2) is 0 Å². The summed E-state index contributed by atoms with van der Waals surface area (Å²) in [6.45, 7) is 0. The Labute approximate surface area is 116 Å². The molecule has 19 heavy (non-hydrogen) atoms. The number of hydrogen-bond acceptors (Lipinski definition) is 2. The van der Waals surface area contributed by atoms with Gasteiger partial charge in [-0.3, -0.25) is 0 Å². The minimum atomic E-state index is 0.309. The number of fused-ring (bicyclic) bond motifs is 2. The van der Waals surface area contributed by atoms with Crippen LogP contribution >= 0.6 is 11.8 Å². The van der Waals surface area contributed by atoms with E-state index in [1.807, 2.05) is 11.8 Å². The first-order valence-corrected chi connectivity index (χ1v) is 7.30. The van der Waals surface area contributed by atoms with Crippen molar-refractivity contribution in [2.75, 3.05) is 5.32 Å². The lowest BCUT2D eigenvalue weighted by molar-refractivity contribution is 1.15. The summed E-state index contributed by atoms with van der Waals surface area (Å²) in [5.74, 6) is 0. The van der Waals surface area contributed by atoms with Gasteiger partial charge in [0.05, 0.1) is 0 Å². The average molecular weight is 263 g/mol. The van der Waals surface area contributed by atoms with Gasteiger partial charge in [0.15, 0.2) is 0 Å². The molecule has 0 bridgehead atoms. The Kier molecular flexibility index (Phi) is 2.49. The lowest BCUT2D eigenvalue weighted by atomic mass is 10.0. The van der Waals surface area contributed by atoms with Gasteiger partial charge in [0, 0.05) is 10.6 Å². The summed E-state index contributed by atoms with van der Waals surface area (Å²) >= 11 is 1.89. The molecule has 1 N–H and O–H groups in total. The minimum absolute atomic E-state index is 0.309. The molecule has 0 radical (unpaired) electrons. The van der Waals surface area contributed by atoms with E-state index in [2.05, 4.69) is 72.0 Å². The smallest absolute Gasteiger partial charge is 0.103 e.